The molecule has 0 rings (SSSR count). The normalized spacial score (nSPS) is 10.2. The summed E-state index contributed by atoms with van der Waals surface area (Å²) in [6, 6.07) is 0. The van der Waals surface area contributed by atoms with Crippen molar-refractivity contribution in [3.8, 4) is 0 Å². The maximum absolute atomic E-state index is 10.5. The Bertz CT molecular complexity index is 118. The van der Waals surface area contributed by atoms with Crippen LogP contribution in [0.2, 0.25) is 0 Å². The summed E-state index contributed by atoms with van der Waals surface area (Å²) < 4.78 is 4.64. The van der Waals surface area contributed by atoms with Crippen molar-refractivity contribution in [3.05, 3.63) is 12.2 Å². The molecule has 0 bridgehead atoms. The molecule has 0 saturated heterocycles. The van der Waals surface area contributed by atoms with E-state index in [2.05, 4.69) is 4.74 Å². The van der Waals surface area contributed by atoms with Crippen molar-refractivity contribution in [1.82, 2.24) is 0 Å². The van der Waals surface area contributed by atoms with Gasteiger partial charge in [0.1, 0.15) is 0 Å². The first-order valence-corrected chi connectivity index (χ1v) is 3.21. The molecule has 0 unspecified atom stereocenters. The Morgan fingerprint density at radius 1 is 1.70 bits per heavy atom. The zero-order chi connectivity index (χ0) is 7.82. The molecule has 58 valence electrons. The molecule has 0 aromatic heterocycles. The Kier molecular flexibility index (Phi) is 5.77. The number of ether oxygens (including phenoxy) is 1. The van der Waals surface area contributed by atoms with Gasteiger partial charge in [0, 0.05) is 19.1 Å². The molecule has 10 heavy (non-hydrogen) atoms. The van der Waals surface area contributed by atoms with E-state index in [-0.39, 0.29) is 12.6 Å². The van der Waals surface area contributed by atoms with Crippen LogP contribution in [0.25, 0.3) is 0 Å². The van der Waals surface area contributed by atoms with Crippen molar-refractivity contribution in [2.24, 2.45) is 0 Å². The number of hydrogen-bond acceptors (Lipinski definition) is 3. The Morgan fingerprint density at radius 2 is 2.40 bits per heavy atom. The average molecular weight is 144 g/mol. The fourth-order valence-corrected chi connectivity index (χ4v) is 0.422. The second-order valence-electron chi connectivity index (χ2n) is 1.74. The highest BCUT2D eigenvalue weighted by Crippen LogP contribution is 1.84. The van der Waals surface area contributed by atoms with Crippen LogP contribution in [0.4, 0.5) is 0 Å². The van der Waals surface area contributed by atoms with Gasteiger partial charge in [0.2, 0.25) is 0 Å². The first kappa shape index (κ1) is 9.17. The second-order valence-corrected chi connectivity index (χ2v) is 1.74. The molecule has 0 aromatic carbocycles. The van der Waals surface area contributed by atoms with Gasteiger partial charge < -0.3 is 9.84 Å². The summed E-state index contributed by atoms with van der Waals surface area (Å²) in [5, 5.41) is 8.30. The lowest BCUT2D eigenvalue weighted by Gasteiger charge is -1.97. The molecule has 0 fully saturated rings. The minimum absolute atomic E-state index is 0.0587. The second kappa shape index (κ2) is 6.29. The van der Waals surface area contributed by atoms with Gasteiger partial charge in [-0.1, -0.05) is 6.08 Å². The SMILES string of the molecule is C/C=C\C(=O)OCCCO. The Morgan fingerprint density at radius 3 is 2.90 bits per heavy atom. The van der Waals surface area contributed by atoms with Crippen LogP contribution >= 0.6 is 0 Å². The quantitative estimate of drug-likeness (QED) is 0.355. The maximum Gasteiger partial charge on any atom is 0.330 e. The monoisotopic (exact) mass is 144 g/mol. The molecular formula is C7H12O3. The van der Waals surface area contributed by atoms with Gasteiger partial charge in [-0.3, -0.25) is 0 Å². The molecule has 0 aromatic rings. The van der Waals surface area contributed by atoms with Crippen molar-refractivity contribution < 1.29 is 14.6 Å². The third kappa shape index (κ3) is 5.31. The van der Waals surface area contributed by atoms with E-state index in [0.717, 1.165) is 0 Å². The summed E-state index contributed by atoms with van der Waals surface area (Å²) in [5.41, 5.74) is 0. The van der Waals surface area contributed by atoms with E-state index in [4.69, 9.17) is 5.11 Å². The van der Waals surface area contributed by atoms with Gasteiger partial charge in [-0.05, 0) is 6.92 Å². The van der Waals surface area contributed by atoms with Gasteiger partial charge in [-0.15, -0.1) is 0 Å². The number of carbonyl (C=O) groups excluding carboxylic acids is 1. The van der Waals surface area contributed by atoms with Crippen LogP contribution in [0.15, 0.2) is 12.2 Å². The van der Waals surface area contributed by atoms with Crippen molar-refractivity contribution in [1.29, 1.82) is 0 Å². The van der Waals surface area contributed by atoms with Crippen LogP contribution in [0.5, 0.6) is 0 Å². The van der Waals surface area contributed by atoms with Crippen LogP contribution in [0.1, 0.15) is 13.3 Å². The smallest absolute Gasteiger partial charge is 0.330 e. The predicted octanol–water partition coefficient (Wildman–Crippen LogP) is 0.488. The molecule has 3 nitrogen and oxygen atoms in total. The van der Waals surface area contributed by atoms with Crippen LogP contribution in [-0.4, -0.2) is 24.3 Å². The van der Waals surface area contributed by atoms with Crippen LogP contribution in [0, 0.1) is 0 Å². The summed E-state index contributed by atoms with van der Waals surface area (Å²) in [6.07, 6.45) is 3.46. The minimum atomic E-state index is -0.351. The maximum atomic E-state index is 10.5. The number of hydrogen-bond donors (Lipinski definition) is 1. The molecule has 0 aliphatic carbocycles. The lowest BCUT2D eigenvalue weighted by molar-refractivity contribution is -0.138. The number of aliphatic hydroxyl groups is 1. The molecular weight excluding hydrogens is 132 g/mol. The summed E-state index contributed by atoms with van der Waals surface area (Å²) in [5.74, 6) is -0.351. The number of rotatable bonds is 4. The molecule has 0 radical (unpaired) electrons. The molecule has 3 heteroatoms. The van der Waals surface area contributed by atoms with Crippen molar-refractivity contribution in [2.45, 2.75) is 13.3 Å². The molecule has 0 aliphatic heterocycles. The first-order valence-electron chi connectivity index (χ1n) is 3.21. The van der Waals surface area contributed by atoms with Crippen molar-refractivity contribution in [3.63, 3.8) is 0 Å². The third-order valence-electron chi connectivity index (χ3n) is 0.850. The molecule has 0 amide bonds. The van der Waals surface area contributed by atoms with E-state index in [1.807, 2.05) is 0 Å². The van der Waals surface area contributed by atoms with Crippen molar-refractivity contribution in [2.75, 3.05) is 13.2 Å². The zero-order valence-electron chi connectivity index (χ0n) is 6.04. The summed E-state index contributed by atoms with van der Waals surface area (Å²) in [4.78, 5) is 10.5. The van der Waals surface area contributed by atoms with E-state index in [1.54, 1.807) is 13.0 Å². The average Bonchev–Trinajstić information content (AvgIpc) is 1.89. The summed E-state index contributed by atoms with van der Waals surface area (Å²) in [6.45, 7) is 2.09. The number of carbonyl (C=O) groups is 1. The molecule has 1 N–H and O–H groups in total. The van der Waals surface area contributed by atoms with E-state index in [9.17, 15) is 4.79 Å². The number of esters is 1. The van der Waals surface area contributed by atoms with Crippen LogP contribution in [-0.2, 0) is 9.53 Å². The highest BCUT2D eigenvalue weighted by atomic mass is 16.5. The Hall–Kier alpha value is -0.830. The minimum Gasteiger partial charge on any atom is -0.462 e. The third-order valence-corrected chi connectivity index (χ3v) is 0.850. The van der Waals surface area contributed by atoms with Gasteiger partial charge in [-0.2, -0.15) is 0 Å². The predicted molar refractivity (Wildman–Crippen MR) is 37.5 cm³/mol. The van der Waals surface area contributed by atoms with Gasteiger partial charge in [0.15, 0.2) is 0 Å². The van der Waals surface area contributed by atoms with Crippen molar-refractivity contribution >= 4 is 5.97 Å². The standard InChI is InChI=1S/C7H12O3/c1-2-4-7(9)10-6-3-5-8/h2,4,8H,3,5-6H2,1H3/b4-2-. The van der Waals surface area contributed by atoms with Crippen LogP contribution < -0.4 is 0 Å². The lowest BCUT2D eigenvalue weighted by Crippen LogP contribution is -2.03. The van der Waals surface area contributed by atoms with E-state index >= 15 is 0 Å². The summed E-state index contributed by atoms with van der Waals surface area (Å²) >= 11 is 0. The fraction of sp³-hybridized carbons (Fsp3) is 0.571. The van der Waals surface area contributed by atoms with Gasteiger partial charge >= 0.3 is 5.97 Å². The molecule has 0 aliphatic rings. The van der Waals surface area contributed by atoms with E-state index in [1.165, 1.54) is 6.08 Å². The first-order chi connectivity index (χ1) is 4.81. The Balaban J connectivity index is 3.22. The topological polar surface area (TPSA) is 46.5 Å². The number of aliphatic hydroxyl groups excluding tert-OH is 1. The van der Waals surface area contributed by atoms with Gasteiger partial charge in [-0.25, -0.2) is 4.79 Å². The Labute approximate surface area is 60.3 Å². The van der Waals surface area contributed by atoms with E-state index < -0.39 is 0 Å². The van der Waals surface area contributed by atoms with Gasteiger partial charge in [0.05, 0.1) is 6.61 Å². The largest absolute Gasteiger partial charge is 0.462 e. The zero-order valence-corrected chi connectivity index (χ0v) is 6.04. The summed E-state index contributed by atoms with van der Waals surface area (Å²) in [7, 11) is 0. The van der Waals surface area contributed by atoms with E-state index in [0.29, 0.717) is 13.0 Å². The highest BCUT2D eigenvalue weighted by Gasteiger charge is 1.92. The fourth-order valence-electron chi connectivity index (χ4n) is 0.422. The molecule has 0 saturated carbocycles. The number of allylic oxidation sites excluding steroid dienone is 1. The van der Waals surface area contributed by atoms with Gasteiger partial charge in [0.25, 0.3) is 0 Å². The molecule has 0 heterocycles. The molecule has 0 spiro atoms. The highest BCUT2D eigenvalue weighted by molar-refractivity contribution is 5.81. The van der Waals surface area contributed by atoms with Crippen LogP contribution in [0.3, 0.4) is 0 Å². The lowest BCUT2D eigenvalue weighted by atomic mass is 10.5. The molecule has 0 atom stereocenters.